The van der Waals surface area contributed by atoms with Crippen molar-refractivity contribution >= 4 is 22.6 Å². The molecule has 138 valence electrons. The van der Waals surface area contributed by atoms with Crippen molar-refractivity contribution in [3.8, 4) is 5.75 Å². The van der Waals surface area contributed by atoms with Crippen LogP contribution in [0.25, 0.3) is 10.9 Å². The SMILES string of the molecule is O=C(O)c1ncc2c(OC3CCNCC3)ccc(N3CCNCC3)c2n1. The average molecular weight is 357 g/mol. The molecule has 3 heterocycles. The summed E-state index contributed by atoms with van der Waals surface area (Å²) < 4.78 is 6.21. The Morgan fingerprint density at radius 1 is 1.15 bits per heavy atom. The summed E-state index contributed by atoms with van der Waals surface area (Å²) in [5.74, 6) is -0.585. The zero-order valence-electron chi connectivity index (χ0n) is 14.6. The third-order valence-corrected chi connectivity index (χ3v) is 4.92. The Morgan fingerprint density at radius 3 is 2.62 bits per heavy atom. The minimum absolute atomic E-state index is 0.156. The molecule has 0 unspecified atom stereocenters. The number of hydrogen-bond donors (Lipinski definition) is 3. The number of anilines is 1. The number of carboxylic acids is 1. The van der Waals surface area contributed by atoms with E-state index in [1.165, 1.54) is 0 Å². The zero-order chi connectivity index (χ0) is 17.9. The van der Waals surface area contributed by atoms with Crippen LogP contribution in [-0.2, 0) is 0 Å². The van der Waals surface area contributed by atoms with Crippen molar-refractivity contribution < 1.29 is 14.6 Å². The number of aromatic carboxylic acids is 1. The summed E-state index contributed by atoms with van der Waals surface area (Å²) in [4.78, 5) is 21.9. The molecule has 1 aromatic heterocycles. The van der Waals surface area contributed by atoms with Crippen molar-refractivity contribution in [1.82, 2.24) is 20.6 Å². The Morgan fingerprint density at radius 2 is 1.88 bits per heavy atom. The van der Waals surface area contributed by atoms with Crippen LogP contribution in [0.4, 0.5) is 5.69 Å². The number of aromatic nitrogens is 2. The third-order valence-electron chi connectivity index (χ3n) is 4.92. The summed E-state index contributed by atoms with van der Waals surface area (Å²) in [7, 11) is 0. The van der Waals surface area contributed by atoms with Gasteiger partial charge in [0.25, 0.3) is 0 Å². The summed E-state index contributed by atoms with van der Waals surface area (Å²) in [6.07, 6.45) is 3.64. The first kappa shape index (κ1) is 17.0. The van der Waals surface area contributed by atoms with Gasteiger partial charge in [0.05, 0.1) is 11.1 Å². The highest BCUT2D eigenvalue weighted by atomic mass is 16.5. The Kier molecular flexibility index (Phi) is 4.85. The lowest BCUT2D eigenvalue weighted by atomic mass is 10.1. The molecule has 1 aromatic carbocycles. The molecular weight excluding hydrogens is 334 g/mol. The third kappa shape index (κ3) is 3.42. The molecule has 2 fully saturated rings. The Labute approximate surface area is 151 Å². The lowest BCUT2D eigenvalue weighted by Crippen LogP contribution is -2.43. The molecule has 2 aromatic rings. The number of nitrogens with one attached hydrogen (secondary N) is 2. The van der Waals surface area contributed by atoms with E-state index in [0.29, 0.717) is 5.52 Å². The first-order chi connectivity index (χ1) is 12.7. The highest BCUT2D eigenvalue weighted by Gasteiger charge is 2.21. The standard InChI is InChI=1S/C18H23N5O3/c24-18(25)17-21-11-13-15(26-12-3-5-19-6-4-12)2-1-14(16(13)22-17)23-9-7-20-8-10-23/h1-2,11-12,19-20H,3-10H2,(H,24,25). The largest absolute Gasteiger partial charge is 0.490 e. The maximum atomic E-state index is 11.3. The van der Waals surface area contributed by atoms with Gasteiger partial charge in [-0.25, -0.2) is 14.8 Å². The number of fused-ring (bicyclic) bond motifs is 1. The van der Waals surface area contributed by atoms with Gasteiger partial charge in [-0.05, 0) is 38.1 Å². The predicted molar refractivity (Wildman–Crippen MR) is 98.1 cm³/mol. The molecule has 8 heteroatoms. The summed E-state index contributed by atoms with van der Waals surface area (Å²) >= 11 is 0. The highest BCUT2D eigenvalue weighted by Crippen LogP contribution is 2.33. The van der Waals surface area contributed by atoms with Gasteiger partial charge in [-0.2, -0.15) is 0 Å². The summed E-state index contributed by atoms with van der Waals surface area (Å²) in [5, 5.41) is 16.7. The van der Waals surface area contributed by atoms with E-state index in [4.69, 9.17) is 4.74 Å². The smallest absolute Gasteiger partial charge is 0.373 e. The molecular formula is C18H23N5O3. The van der Waals surface area contributed by atoms with Crippen molar-refractivity contribution in [3.05, 3.63) is 24.2 Å². The molecule has 2 aliphatic rings. The van der Waals surface area contributed by atoms with Gasteiger partial charge >= 0.3 is 5.97 Å². The highest BCUT2D eigenvalue weighted by molar-refractivity contribution is 5.97. The molecule has 0 radical (unpaired) electrons. The Balaban J connectivity index is 1.75. The van der Waals surface area contributed by atoms with Gasteiger partial charge in [-0.3, -0.25) is 0 Å². The van der Waals surface area contributed by atoms with Crippen molar-refractivity contribution in [2.75, 3.05) is 44.2 Å². The second-order valence-corrected chi connectivity index (χ2v) is 6.65. The van der Waals surface area contributed by atoms with Crippen LogP contribution in [0.2, 0.25) is 0 Å². The number of piperazine rings is 1. The van der Waals surface area contributed by atoms with Crippen molar-refractivity contribution in [2.24, 2.45) is 0 Å². The fourth-order valence-corrected chi connectivity index (χ4v) is 3.54. The molecule has 0 amide bonds. The fourth-order valence-electron chi connectivity index (χ4n) is 3.54. The van der Waals surface area contributed by atoms with E-state index in [1.54, 1.807) is 6.20 Å². The Hall–Kier alpha value is -2.45. The zero-order valence-corrected chi connectivity index (χ0v) is 14.6. The minimum atomic E-state index is -1.12. The molecule has 0 atom stereocenters. The van der Waals surface area contributed by atoms with E-state index < -0.39 is 5.97 Å². The van der Waals surface area contributed by atoms with Crippen LogP contribution in [0, 0.1) is 0 Å². The molecule has 26 heavy (non-hydrogen) atoms. The van der Waals surface area contributed by atoms with Crippen LogP contribution in [-0.4, -0.2) is 66.4 Å². The molecule has 0 bridgehead atoms. The first-order valence-electron chi connectivity index (χ1n) is 9.08. The number of piperidine rings is 1. The molecule has 3 N–H and O–H groups in total. The van der Waals surface area contributed by atoms with Gasteiger partial charge in [0, 0.05) is 32.4 Å². The van der Waals surface area contributed by atoms with Gasteiger partial charge in [-0.15, -0.1) is 0 Å². The van der Waals surface area contributed by atoms with Crippen LogP contribution in [0.15, 0.2) is 18.3 Å². The molecule has 4 rings (SSSR count). The summed E-state index contributed by atoms with van der Waals surface area (Å²) in [5.41, 5.74) is 1.58. The minimum Gasteiger partial charge on any atom is -0.490 e. The molecule has 2 aliphatic heterocycles. The first-order valence-corrected chi connectivity index (χ1v) is 9.08. The number of ether oxygens (including phenoxy) is 1. The molecule has 0 aliphatic carbocycles. The van der Waals surface area contributed by atoms with Crippen molar-refractivity contribution in [2.45, 2.75) is 18.9 Å². The van der Waals surface area contributed by atoms with Gasteiger partial charge in [-0.1, -0.05) is 0 Å². The number of carbonyl (C=O) groups is 1. The Bertz CT molecular complexity index is 801. The second kappa shape index (κ2) is 7.43. The van der Waals surface area contributed by atoms with Crippen LogP contribution in [0.5, 0.6) is 5.75 Å². The van der Waals surface area contributed by atoms with Gasteiger partial charge in [0.2, 0.25) is 5.82 Å². The topological polar surface area (TPSA) is 99.6 Å². The van der Waals surface area contributed by atoms with Gasteiger partial charge < -0.3 is 25.4 Å². The second-order valence-electron chi connectivity index (χ2n) is 6.65. The summed E-state index contributed by atoms with van der Waals surface area (Å²) in [6.45, 7) is 5.39. The average Bonchev–Trinajstić information content (AvgIpc) is 2.69. The number of nitrogens with zero attached hydrogens (tertiary/aromatic N) is 3. The molecule has 8 nitrogen and oxygen atoms in total. The van der Waals surface area contributed by atoms with Crippen molar-refractivity contribution in [1.29, 1.82) is 0 Å². The summed E-state index contributed by atoms with van der Waals surface area (Å²) in [6, 6.07) is 3.95. The number of carboxylic acid groups (broad SMARTS) is 1. The molecule has 0 saturated carbocycles. The number of rotatable bonds is 4. The molecule has 2 saturated heterocycles. The maximum Gasteiger partial charge on any atom is 0.373 e. The van der Waals surface area contributed by atoms with Crippen LogP contribution in [0.1, 0.15) is 23.5 Å². The van der Waals surface area contributed by atoms with E-state index in [-0.39, 0.29) is 11.9 Å². The fraction of sp³-hybridized carbons (Fsp3) is 0.500. The van der Waals surface area contributed by atoms with Crippen LogP contribution < -0.4 is 20.3 Å². The van der Waals surface area contributed by atoms with E-state index in [9.17, 15) is 9.90 Å². The maximum absolute atomic E-state index is 11.3. The predicted octanol–water partition coefficient (Wildman–Crippen LogP) is 0.868. The van der Waals surface area contributed by atoms with Crippen LogP contribution >= 0.6 is 0 Å². The number of hydrogen-bond acceptors (Lipinski definition) is 7. The van der Waals surface area contributed by atoms with E-state index in [1.807, 2.05) is 12.1 Å². The molecule has 0 spiro atoms. The van der Waals surface area contributed by atoms with Gasteiger partial charge in [0.15, 0.2) is 0 Å². The van der Waals surface area contributed by atoms with E-state index >= 15 is 0 Å². The van der Waals surface area contributed by atoms with Crippen molar-refractivity contribution in [3.63, 3.8) is 0 Å². The number of benzene rings is 1. The lowest BCUT2D eigenvalue weighted by molar-refractivity contribution is 0.0684. The van der Waals surface area contributed by atoms with Crippen LogP contribution in [0.3, 0.4) is 0 Å². The van der Waals surface area contributed by atoms with Gasteiger partial charge in [0.1, 0.15) is 17.4 Å². The lowest BCUT2D eigenvalue weighted by Gasteiger charge is -2.30. The van der Waals surface area contributed by atoms with E-state index in [2.05, 4.69) is 25.5 Å². The van der Waals surface area contributed by atoms with E-state index in [0.717, 1.165) is 68.9 Å². The normalized spacial score (nSPS) is 18.8. The monoisotopic (exact) mass is 357 g/mol. The quantitative estimate of drug-likeness (QED) is 0.741.